The zero-order valence-electron chi connectivity index (χ0n) is 38.5. The molecule has 0 aliphatic carbocycles. The molecule has 1 N–H and O–H groups in total. The molecule has 0 radical (unpaired) electrons. The molecular weight excluding hydrogens is 911 g/mol. The quantitative estimate of drug-likeness (QED) is 0.107. The fraction of sp³-hybridized carbons (Fsp3) is 0.426. The summed E-state index contributed by atoms with van der Waals surface area (Å²) >= 11 is 0. The number of esters is 7. The number of carbonyl (C=O) groups is 9. The number of ether oxygens (including phenoxy) is 10. The lowest BCUT2D eigenvalue weighted by Gasteiger charge is -2.49. The average Bonchev–Trinajstić information content (AvgIpc) is 3.89. The lowest BCUT2D eigenvalue weighted by molar-refractivity contribution is -0.349. The smallest absolute Gasteiger partial charge is 0.303 e. The Morgan fingerprint density at radius 2 is 1.03 bits per heavy atom. The van der Waals surface area contributed by atoms with Crippen molar-refractivity contribution >= 4 is 97.2 Å². The van der Waals surface area contributed by atoms with E-state index in [1.807, 2.05) is 0 Å². The fourth-order valence-corrected chi connectivity index (χ4v) is 9.41. The van der Waals surface area contributed by atoms with Gasteiger partial charge in [-0.25, -0.2) is 0 Å². The normalized spacial score (nSPS) is 25.6. The van der Waals surface area contributed by atoms with Crippen LogP contribution in [0.5, 0.6) is 0 Å². The van der Waals surface area contributed by atoms with Crippen LogP contribution in [0, 0.1) is 0 Å². The molecule has 2 fully saturated rings. The second-order valence-electron chi connectivity index (χ2n) is 16.6. The number of aromatic nitrogens is 2. The minimum absolute atomic E-state index is 0.0995. The molecule has 22 nitrogen and oxygen atoms in total. The van der Waals surface area contributed by atoms with Gasteiger partial charge in [-0.1, -0.05) is 36.4 Å². The van der Waals surface area contributed by atoms with Crippen molar-refractivity contribution in [1.82, 2.24) is 14.5 Å². The molecule has 10 atom stereocenters. The molecule has 2 aromatic heterocycles. The van der Waals surface area contributed by atoms with Gasteiger partial charge in [0.05, 0.1) is 27.7 Å². The van der Waals surface area contributed by atoms with Crippen molar-refractivity contribution in [2.45, 2.75) is 110 Å². The third-order valence-electron chi connectivity index (χ3n) is 11.8. The van der Waals surface area contributed by atoms with Crippen LogP contribution in [-0.2, 0) is 80.9 Å². The standard InChI is InChI=1S/C47H47N3O19/c1-19(51)60-17-30-39(69-47-43(66-25(7)57)41(64-23(5)55)38(62-21(3)53)31(68-47)18-61-20(2)52)40(63-22(4)54)42(65-24(6)56)46(67-30)50-29-16-12-10-14-27(29)33-35-34(44(58)49(8)45(35)59)32-26-13-9-11-15-28(26)48-36(32)37(33)50/h9-16,30-31,38-43,46-48H,17-18H2,1-8H3/t30-,31-,38-,39-,40+,41+,42-,43-,46-,47-/m1/s1. The number of rotatable bonds is 12. The van der Waals surface area contributed by atoms with Gasteiger partial charge >= 0.3 is 41.8 Å². The second-order valence-corrected chi connectivity index (χ2v) is 16.6. The highest BCUT2D eigenvalue weighted by Crippen LogP contribution is 2.48. The summed E-state index contributed by atoms with van der Waals surface area (Å²) < 4.78 is 61.0. The van der Waals surface area contributed by atoms with Crippen LogP contribution in [0.1, 0.15) is 75.4 Å². The molecule has 5 heterocycles. The Kier molecular flexibility index (Phi) is 13.2. The van der Waals surface area contributed by atoms with E-state index in [4.69, 9.17) is 47.4 Å². The number of hydrogen-bond acceptors (Lipinski definition) is 19. The molecule has 3 aliphatic rings. The zero-order valence-corrected chi connectivity index (χ0v) is 38.5. The van der Waals surface area contributed by atoms with Crippen LogP contribution in [0.15, 0.2) is 48.5 Å². The topological polar surface area (TPSA) is 270 Å². The van der Waals surface area contributed by atoms with E-state index in [9.17, 15) is 43.2 Å². The molecule has 8 rings (SSSR count). The molecule has 0 unspecified atom stereocenters. The van der Waals surface area contributed by atoms with E-state index in [0.29, 0.717) is 43.6 Å². The molecule has 0 saturated carbocycles. The van der Waals surface area contributed by atoms with Gasteiger partial charge in [-0.05, 0) is 12.1 Å². The highest BCUT2D eigenvalue weighted by molar-refractivity contribution is 6.39. The highest BCUT2D eigenvalue weighted by Gasteiger charge is 2.58. The molecular formula is C47H47N3O19. The number of fused-ring (bicyclic) bond motifs is 10. The van der Waals surface area contributed by atoms with E-state index < -0.39 is 128 Å². The van der Waals surface area contributed by atoms with E-state index in [0.717, 1.165) is 53.4 Å². The van der Waals surface area contributed by atoms with Gasteiger partial charge in [-0.2, -0.15) is 0 Å². The summed E-state index contributed by atoms with van der Waals surface area (Å²) in [6.07, 6.45) is -16.6. The largest absolute Gasteiger partial charge is 0.463 e. The van der Waals surface area contributed by atoms with Gasteiger partial charge < -0.3 is 56.9 Å². The number of benzene rings is 3. The second kappa shape index (κ2) is 18.9. The van der Waals surface area contributed by atoms with Gasteiger partial charge in [0.2, 0.25) is 0 Å². The number of aromatic amines is 1. The van der Waals surface area contributed by atoms with Crippen LogP contribution in [0.4, 0.5) is 0 Å². The van der Waals surface area contributed by atoms with Gasteiger partial charge in [0.1, 0.15) is 31.5 Å². The van der Waals surface area contributed by atoms with Crippen molar-refractivity contribution in [3.05, 3.63) is 59.7 Å². The van der Waals surface area contributed by atoms with Crippen LogP contribution in [0.25, 0.3) is 43.6 Å². The number of hydrogen-bond donors (Lipinski definition) is 1. The maximum absolute atomic E-state index is 14.3. The average molecular weight is 958 g/mol. The van der Waals surface area contributed by atoms with Crippen molar-refractivity contribution in [2.75, 3.05) is 20.3 Å². The maximum Gasteiger partial charge on any atom is 0.303 e. The predicted molar refractivity (Wildman–Crippen MR) is 234 cm³/mol. The van der Waals surface area contributed by atoms with Gasteiger partial charge in [0.25, 0.3) is 11.8 Å². The van der Waals surface area contributed by atoms with Crippen molar-refractivity contribution in [1.29, 1.82) is 0 Å². The SMILES string of the molecule is CC(=O)OC[C@H]1O[C@@H](n2c3ccccc3c3c4c(c5c6ccccc6[nH]c5c32)C(=O)N(C)C4=O)[C@H](OC(C)=O)[C@@H](OC(C)=O)[C@@H]1O[C@H]1O[C@H](COC(C)=O)[C@@H](OC(C)=O)[C@H](OC(C)=O)[C@H]1OC(C)=O. The van der Waals surface area contributed by atoms with E-state index >= 15 is 0 Å². The lowest BCUT2D eigenvalue weighted by atomic mass is 9.95. The van der Waals surface area contributed by atoms with E-state index in [1.54, 1.807) is 53.1 Å². The summed E-state index contributed by atoms with van der Waals surface area (Å²) in [5.74, 6) is -7.26. The monoisotopic (exact) mass is 957 g/mol. The predicted octanol–water partition coefficient (Wildman–Crippen LogP) is 3.45. The van der Waals surface area contributed by atoms with Crippen LogP contribution in [0.3, 0.4) is 0 Å². The Labute approximate surface area is 391 Å². The third-order valence-corrected chi connectivity index (χ3v) is 11.8. The first-order valence-corrected chi connectivity index (χ1v) is 21.7. The number of carbonyl (C=O) groups excluding carboxylic acids is 9. The number of nitrogens with one attached hydrogen (secondary N) is 1. The number of para-hydroxylation sites is 2. The summed E-state index contributed by atoms with van der Waals surface area (Å²) in [5.41, 5.74) is 1.96. The molecule has 3 aromatic carbocycles. The molecule has 69 heavy (non-hydrogen) atoms. The van der Waals surface area contributed by atoms with Crippen LogP contribution in [0.2, 0.25) is 0 Å². The molecule has 3 aliphatic heterocycles. The van der Waals surface area contributed by atoms with Crippen LogP contribution >= 0.6 is 0 Å². The first-order valence-electron chi connectivity index (χ1n) is 21.7. The molecule has 2 amide bonds. The molecule has 0 spiro atoms. The molecule has 364 valence electrons. The van der Waals surface area contributed by atoms with Gasteiger partial charge in [0.15, 0.2) is 43.0 Å². The van der Waals surface area contributed by atoms with Crippen molar-refractivity contribution < 1.29 is 90.5 Å². The third kappa shape index (κ3) is 8.93. The van der Waals surface area contributed by atoms with Crippen LogP contribution in [-0.4, -0.2) is 143 Å². The summed E-state index contributed by atoms with van der Waals surface area (Å²) in [6.45, 7) is 6.23. The first kappa shape index (κ1) is 48.0. The number of H-pyrrole nitrogens is 1. The van der Waals surface area contributed by atoms with Crippen LogP contribution < -0.4 is 0 Å². The van der Waals surface area contributed by atoms with Crippen molar-refractivity contribution in [3.63, 3.8) is 0 Å². The Balaban J connectivity index is 1.36. The molecule has 5 aromatic rings. The van der Waals surface area contributed by atoms with Crippen molar-refractivity contribution in [2.24, 2.45) is 0 Å². The van der Waals surface area contributed by atoms with E-state index in [-0.39, 0.29) is 11.1 Å². The minimum Gasteiger partial charge on any atom is -0.463 e. The van der Waals surface area contributed by atoms with E-state index in [1.165, 1.54) is 7.05 Å². The van der Waals surface area contributed by atoms with Gasteiger partial charge in [-0.15, -0.1) is 0 Å². The van der Waals surface area contributed by atoms with Crippen molar-refractivity contribution in [3.8, 4) is 0 Å². The summed E-state index contributed by atoms with van der Waals surface area (Å²) in [7, 11) is 1.38. The summed E-state index contributed by atoms with van der Waals surface area (Å²) in [6, 6.07) is 14.0. The zero-order chi connectivity index (χ0) is 49.7. The Morgan fingerprint density at radius 3 is 1.61 bits per heavy atom. The molecule has 2 saturated heterocycles. The highest BCUT2D eigenvalue weighted by atomic mass is 16.8. The van der Waals surface area contributed by atoms with Gasteiger partial charge in [0, 0.05) is 82.6 Å². The Morgan fingerprint density at radius 1 is 0.551 bits per heavy atom. The molecule has 22 heteroatoms. The fourth-order valence-electron chi connectivity index (χ4n) is 9.41. The minimum atomic E-state index is -1.89. The first-order chi connectivity index (χ1) is 32.8. The maximum atomic E-state index is 14.3. The number of imide groups is 1. The van der Waals surface area contributed by atoms with E-state index in [2.05, 4.69) is 4.98 Å². The lowest BCUT2D eigenvalue weighted by Crippen LogP contribution is -2.66. The number of nitrogens with zero attached hydrogens (tertiary/aromatic N) is 2. The summed E-state index contributed by atoms with van der Waals surface area (Å²) in [5, 5.41) is 1.84. The Hall–Kier alpha value is -7.43. The number of amides is 2. The summed E-state index contributed by atoms with van der Waals surface area (Å²) in [4.78, 5) is 122. The van der Waals surface area contributed by atoms with Gasteiger partial charge in [-0.3, -0.25) is 48.1 Å². The Bertz CT molecular complexity index is 2970. The molecule has 0 bridgehead atoms.